The first-order chi connectivity index (χ1) is 14.8. The fraction of sp³-hybridized carbons (Fsp3) is 0.739. The molecular weight excluding hydrogens is 394 g/mol. The highest BCUT2D eigenvalue weighted by molar-refractivity contribution is 5.86. The number of aryl methyl sites for hydroxylation is 1. The maximum atomic E-state index is 12.9. The molecule has 1 aliphatic carbocycles. The monoisotopic (exact) mass is 429 g/mol. The molecule has 170 valence electrons. The van der Waals surface area contributed by atoms with Gasteiger partial charge >= 0.3 is 6.09 Å². The number of nitrogens with one attached hydrogen (secondary N) is 1. The summed E-state index contributed by atoms with van der Waals surface area (Å²) in [7, 11) is 0. The number of carbonyl (C=O) groups excluding carboxylic acids is 2. The number of hydrogen-bond donors (Lipinski definition) is 1. The summed E-state index contributed by atoms with van der Waals surface area (Å²) in [6.07, 6.45) is 9.09. The number of hydrogen-bond acceptors (Lipinski definition) is 6. The van der Waals surface area contributed by atoms with Gasteiger partial charge in [-0.3, -0.25) is 9.69 Å². The lowest BCUT2D eigenvalue weighted by molar-refractivity contribution is -0.126. The molecule has 0 spiro atoms. The standard InChI is InChI=1S/C23H35N5O3/c1-23(2,3)31-22(30)28-12-6-9-19(28)21(29)26-16-10-13-27(14-11-16)20-17-7-4-5-8-18(17)24-15-25-20/h15-16,19H,4-14H2,1-3H3,(H,26,29). The van der Waals surface area contributed by atoms with Crippen molar-refractivity contribution in [3.8, 4) is 0 Å². The molecule has 0 radical (unpaired) electrons. The number of anilines is 1. The number of likely N-dealkylation sites (tertiary alicyclic amines) is 1. The molecule has 4 rings (SSSR count). The molecule has 0 saturated carbocycles. The molecule has 8 nitrogen and oxygen atoms in total. The lowest BCUT2D eigenvalue weighted by Gasteiger charge is -2.35. The van der Waals surface area contributed by atoms with Gasteiger partial charge < -0.3 is 15.0 Å². The number of rotatable bonds is 3. The van der Waals surface area contributed by atoms with E-state index in [1.165, 1.54) is 24.1 Å². The molecule has 2 saturated heterocycles. The van der Waals surface area contributed by atoms with Gasteiger partial charge in [-0.25, -0.2) is 14.8 Å². The molecule has 0 aromatic carbocycles. The van der Waals surface area contributed by atoms with Crippen LogP contribution in [0.1, 0.15) is 70.6 Å². The molecule has 3 heterocycles. The molecule has 2 amide bonds. The van der Waals surface area contributed by atoms with Gasteiger partial charge in [0.1, 0.15) is 23.8 Å². The number of fused-ring (bicyclic) bond motifs is 1. The summed E-state index contributed by atoms with van der Waals surface area (Å²) in [4.78, 5) is 38.4. The van der Waals surface area contributed by atoms with Crippen LogP contribution >= 0.6 is 0 Å². The SMILES string of the molecule is CC(C)(C)OC(=O)N1CCCC1C(=O)NC1CCN(c2ncnc3c2CCCC3)CC1. The topological polar surface area (TPSA) is 87.7 Å². The van der Waals surface area contributed by atoms with Gasteiger partial charge in [-0.05, 0) is 72.1 Å². The molecule has 3 aliphatic rings. The lowest BCUT2D eigenvalue weighted by atomic mass is 9.95. The minimum Gasteiger partial charge on any atom is -0.444 e. The molecule has 1 aromatic rings. The van der Waals surface area contributed by atoms with Gasteiger partial charge in [-0.1, -0.05) is 0 Å². The fourth-order valence-corrected chi connectivity index (χ4v) is 4.89. The summed E-state index contributed by atoms with van der Waals surface area (Å²) in [6.45, 7) is 7.85. The lowest BCUT2D eigenvalue weighted by Crippen LogP contribution is -2.52. The first kappa shape index (κ1) is 21.8. The Labute approximate surface area is 184 Å². The molecule has 8 heteroatoms. The van der Waals surface area contributed by atoms with Crippen LogP contribution in [-0.2, 0) is 22.4 Å². The molecule has 1 N–H and O–H groups in total. The number of aromatic nitrogens is 2. The maximum Gasteiger partial charge on any atom is 0.410 e. The van der Waals surface area contributed by atoms with Crippen LogP contribution < -0.4 is 10.2 Å². The zero-order chi connectivity index (χ0) is 22.0. The molecule has 1 aromatic heterocycles. The Kier molecular flexibility index (Phi) is 6.34. The van der Waals surface area contributed by atoms with E-state index in [0.29, 0.717) is 13.0 Å². The van der Waals surface area contributed by atoms with Gasteiger partial charge in [-0.15, -0.1) is 0 Å². The second-order valence-electron chi connectivity index (χ2n) is 9.93. The smallest absolute Gasteiger partial charge is 0.410 e. The van der Waals surface area contributed by atoms with Crippen LogP contribution in [0.3, 0.4) is 0 Å². The van der Waals surface area contributed by atoms with E-state index < -0.39 is 17.7 Å². The summed E-state index contributed by atoms with van der Waals surface area (Å²) in [5.74, 6) is 1.03. The highest BCUT2D eigenvalue weighted by Crippen LogP contribution is 2.29. The zero-order valence-electron chi connectivity index (χ0n) is 19.0. The Morgan fingerprint density at radius 3 is 2.52 bits per heavy atom. The second-order valence-corrected chi connectivity index (χ2v) is 9.93. The molecule has 1 unspecified atom stereocenters. The number of piperidine rings is 1. The van der Waals surface area contributed by atoms with Gasteiger partial charge in [0, 0.05) is 36.9 Å². The van der Waals surface area contributed by atoms with Crippen LogP contribution in [0, 0.1) is 0 Å². The van der Waals surface area contributed by atoms with Crippen LogP contribution in [0.15, 0.2) is 6.33 Å². The molecular formula is C23H35N5O3. The first-order valence-corrected chi connectivity index (χ1v) is 11.7. The highest BCUT2D eigenvalue weighted by Gasteiger charge is 2.37. The quantitative estimate of drug-likeness (QED) is 0.795. The Hall–Kier alpha value is -2.38. The fourth-order valence-electron chi connectivity index (χ4n) is 4.89. The Morgan fingerprint density at radius 1 is 1.03 bits per heavy atom. The third kappa shape index (κ3) is 5.10. The Balaban J connectivity index is 1.32. The molecule has 1 atom stereocenters. The Bertz CT molecular complexity index is 814. The van der Waals surface area contributed by atoms with E-state index in [1.807, 2.05) is 20.8 Å². The van der Waals surface area contributed by atoms with Crippen molar-refractivity contribution in [2.45, 2.75) is 89.8 Å². The van der Waals surface area contributed by atoms with Crippen molar-refractivity contribution in [1.29, 1.82) is 0 Å². The van der Waals surface area contributed by atoms with Crippen molar-refractivity contribution in [3.63, 3.8) is 0 Å². The second kappa shape index (κ2) is 9.01. The Morgan fingerprint density at radius 2 is 1.77 bits per heavy atom. The van der Waals surface area contributed by atoms with Gasteiger partial charge in [0.25, 0.3) is 0 Å². The number of ether oxygens (including phenoxy) is 1. The zero-order valence-corrected chi connectivity index (χ0v) is 19.0. The summed E-state index contributed by atoms with van der Waals surface area (Å²) < 4.78 is 5.49. The normalized spacial score (nSPS) is 22.2. The first-order valence-electron chi connectivity index (χ1n) is 11.7. The molecule has 2 aliphatic heterocycles. The average Bonchev–Trinajstić information content (AvgIpc) is 3.23. The minimum absolute atomic E-state index is 0.0544. The number of amides is 2. The van der Waals surface area contributed by atoms with Crippen LogP contribution in [0.5, 0.6) is 0 Å². The summed E-state index contributed by atoms with van der Waals surface area (Å²) >= 11 is 0. The van der Waals surface area contributed by atoms with Crippen molar-refractivity contribution in [3.05, 3.63) is 17.6 Å². The van der Waals surface area contributed by atoms with Crippen molar-refractivity contribution in [2.75, 3.05) is 24.5 Å². The molecule has 0 bridgehead atoms. The predicted molar refractivity (Wildman–Crippen MR) is 118 cm³/mol. The van der Waals surface area contributed by atoms with Crippen molar-refractivity contribution in [1.82, 2.24) is 20.2 Å². The van der Waals surface area contributed by atoms with E-state index >= 15 is 0 Å². The van der Waals surface area contributed by atoms with Crippen LogP contribution in [0.25, 0.3) is 0 Å². The van der Waals surface area contributed by atoms with Gasteiger partial charge in [0.15, 0.2) is 0 Å². The summed E-state index contributed by atoms with van der Waals surface area (Å²) in [5, 5.41) is 3.20. The van der Waals surface area contributed by atoms with E-state index in [2.05, 4.69) is 20.2 Å². The third-order valence-electron chi connectivity index (χ3n) is 6.43. The van der Waals surface area contributed by atoms with Crippen LogP contribution in [-0.4, -0.2) is 64.2 Å². The van der Waals surface area contributed by atoms with Crippen LogP contribution in [0.4, 0.5) is 10.6 Å². The van der Waals surface area contributed by atoms with Gasteiger partial charge in [0.05, 0.1) is 0 Å². The van der Waals surface area contributed by atoms with Crippen molar-refractivity contribution >= 4 is 17.8 Å². The van der Waals surface area contributed by atoms with Crippen molar-refractivity contribution < 1.29 is 14.3 Å². The average molecular weight is 430 g/mol. The van der Waals surface area contributed by atoms with Gasteiger partial charge in [-0.2, -0.15) is 0 Å². The molecule has 31 heavy (non-hydrogen) atoms. The third-order valence-corrected chi connectivity index (χ3v) is 6.43. The van der Waals surface area contributed by atoms with Crippen molar-refractivity contribution in [2.24, 2.45) is 0 Å². The number of carbonyl (C=O) groups is 2. The minimum atomic E-state index is -0.562. The largest absolute Gasteiger partial charge is 0.444 e. The van der Waals surface area contributed by atoms with E-state index in [4.69, 9.17) is 4.74 Å². The molecule has 2 fully saturated rings. The van der Waals surface area contributed by atoms with E-state index in [9.17, 15) is 9.59 Å². The number of nitrogens with zero attached hydrogens (tertiary/aromatic N) is 4. The van der Waals surface area contributed by atoms with Gasteiger partial charge in [0.2, 0.25) is 5.91 Å². The maximum absolute atomic E-state index is 12.9. The van der Waals surface area contributed by atoms with Crippen LogP contribution in [0.2, 0.25) is 0 Å². The van der Waals surface area contributed by atoms with E-state index in [-0.39, 0.29) is 11.9 Å². The summed E-state index contributed by atoms with van der Waals surface area (Å²) in [5.41, 5.74) is 1.96. The highest BCUT2D eigenvalue weighted by atomic mass is 16.6. The van der Waals surface area contributed by atoms with E-state index in [0.717, 1.165) is 51.0 Å². The van der Waals surface area contributed by atoms with E-state index in [1.54, 1.807) is 11.2 Å². The predicted octanol–water partition coefficient (Wildman–Crippen LogP) is 2.84. The summed E-state index contributed by atoms with van der Waals surface area (Å²) in [6, 6.07) is -0.302.